The Morgan fingerprint density at radius 3 is 2.58 bits per heavy atom. The van der Waals surface area contributed by atoms with Gasteiger partial charge in [0.1, 0.15) is 17.1 Å². The van der Waals surface area contributed by atoms with E-state index >= 15 is 4.39 Å². The van der Waals surface area contributed by atoms with Crippen LogP contribution in [0.15, 0.2) is 12.1 Å². The number of hydrogen-bond donors (Lipinski definition) is 2. The molecule has 11 heteroatoms. The van der Waals surface area contributed by atoms with Crippen LogP contribution >= 0.6 is 0 Å². The standard InChI is InChI=1S/C25H34FN3O7/c1-24(2,3)36-23(33)29-12-6-11-25(29,22(31)32)21(30)27-14-16-13-18(26)19(28-20(16)35-5)15-7-9-17(34-4)10-8-15/h7,13,17H,6,8-12,14H2,1-5H3,(H,27,30)(H,31,32)/t17?,25-/m0/s1. The third kappa shape index (κ3) is 5.61. The van der Waals surface area contributed by atoms with Gasteiger partial charge in [0.2, 0.25) is 11.4 Å². The molecule has 2 aliphatic rings. The summed E-state index contributed by atoms with van der Waals surface area (Å²) >= 11 is 0. The Hall–Kier alpha value is -3.21. The quantitative estimate of drug-likeness (QED) is 0.539. The van der Waals surface area contributed by atoms with Crippen molar-refractivity contribution in [1.29, 1.82) is 0 Å². The molecule has 1 fully saturated rings. The van der Waals surface area contributed by atoms with Crippen molar-refractivity contribution < 1.29 is 38.1 Å². The molecule has 1 aromatic rings. The first kappa shape index (κ1) is 27.4. The van der Waals surface area contributed by atoms with Crippen LogP contribution in [0.5, 0.6) is 5.88 Å². The third-order valence-corrected chi connectivity index (χ3v) is 6.37. The molecular formula is C25H34FN3O7. The molecule has 2 N–H and O–H groups in total. The lowest BCUT2D eigenvalue weighted by Gasteiger charge is -2.34. The molecule has 1 aromatic heterocycles. The molecule has 2 atom stereocenters. The summed E-state index contributed by atoms with van der Waals surface area (Å²) in [5.74, 6) is -2.83. The van der Waals surface area contributed by atoms with Crippen molar-refractivity contribution in [2.75, 3.05) is 20.8 Å². The van der Waals surface area contributed by atoms with Gasteiger partial charge in [-0.3, -0.25) is 9.69 Å². The van der Waals surface area contributed by atoms with Gasteiger partial charge in [-0.15, -0.1) is 0 Å². The first-order valence-electron chi connectivity index (χ1n) is 11.9. The lowest BCUT2D eigenvalue weighted by Crippen LogP contribution is -2.62. The first-order chi connectivity index (χ1) is 16.9. The van der Waals surface area contributed by atoms with Crippen LogP contribution in [0.3, 0.4) is 0 Å². The maximum Gasteiger partial charge on any atom is 0.411 e. The molecule has 0 bridgehead atoms. The molecule has 0 radical (unpaired) electrons. The molecule has 1 unspecified atom stereocenters. The molecular weight excluding hydrogens is 473 g/mol. The normalized spacial score (nSPS) is 22.1. The number of pyridine rings is 1. The number of amides is 2. The smallest absolute Gasteiger partial charge is 0.411 e. The highest BCUT2D eigenvalue weighted by Crippen LogP contribution is 2.33. The summed E-state index contributed by atoms with van der Waals surface area (Å²) in [4.78, 5) is 43.4. The number of carbonyl (C=O) groups is 3. The van der Waals surface area contributed by atoms with Crippen molar-refractivity contribution in [2.45, 2.75) is 76.7 Å². The Morgan fingerprint density at radius 1 is 1.31 bits per heavy atom. The molecule has 1 aliphatic heterocycles. The number of hydrogen-bond acceptors (Lipinski definition) is 7. The predicted octanol–water partition coefficient (Wildman–Crippen LogP) is 3.28. The second kappa shape index (κ2) is 10.8. The highest BCUT2D eigenvalue weighted by atomic mass is 19.1. The van der Waals surface area contributed by atoms with Gasteiger partial charge in [0.05, 0.1) is 13.2 Å². The summed E-state index contributed by atoms with van der Waals surface area (Å²) in [7, 11) is 3.02. The maximum absolute atomic E-state index is 15.0. The van der Waals surface area contributed by atoms with Crippen molar-refractivity contribution in [1.82, 2.24) is 15.2 Å². The number of nitrogens with zero attached hydrogens (tertiary/aromatic N) is 2. The molecule has 10 nitrogen and oxygen atoms in total. The average Bonchev–Trinajstić information content (AvgIpc) is 3.28. The van der Waals surface area contributed by atoms with E-state index in [1.807, 2.05) is 6.08 Å². The van der Waals surface area contributed by atoms with Crippen molar-refractivity contribution >= 4 is 23.5 Å². The number of aromatic nitrogens is 1. The van der Waals surface area contributed by atoms with E-state index < -0.39 is 34.9 Å². The van der Waals surface area contributed by atoms with Gasteiger partial charge < -0.3 is 24.6 Å². The molecule has 0 spiro atoms. The summed E-state index contributed by atoms with van der Waals surface area (Å²) < 4.78 is 31.0. The van der Waals surface area contributed by atoms with Crippen LogP contribution in [-0.2, 0) is 25.6 Å². The lowest BCUT2D eigenvalue weighted by atomic mass is 9.94. The average molecular weight is 508 g/mol. The number of rotatable bonds is 7. The predicted molar refractivity (Wildman–Crippen MR) is 128 cm³/mol. The minimum Gasteiger partial charge on any atom is -0.481 e. The van der Waals surface area contributed by atoms with Gasteiger partial charge in [-0.25, -0.2) is 19.0 Å². The molecule has 2 heterocycles. The number of likely N-dealkylation sites (tertiary alicyclic amines) is 1. The second-order valence-electron chi connectivity index (χ2n) is 9.93. The number of aliphatic carboxylic acids is 1. The fourth-order valence-electron chi connectivity index (χ4n) is 4.54. The van der Waals surface area contributed by atoms with E-state index in [-0.39, 0.29) is 42.8 Å². The van der Waals surface area contributed by atoms with Crippen LogP contribution in [0.4, 0.5) is 9.18 Å². The highest BCUT2D eigenvalue weighted by molar-refractivity contribution is 6.09. The van der Waals surface area contributed by atoms with E-state index in [2.05, 4.69) is 10.3 Å². The topological polar surface area (TPSA) is 127 Å². The maximum atomic E-state index is 15.0. The van der Waals surface area contributed by atoms with Gasteiger partial charge in [-0.2, -0.15) is 0 Å². The van der Waals surface area contributed by atoms with Crippen molar-refractivity contribution in [3.63, 3.8) is 0 Å². The number of carboxylic acids is 1. The Labute approximate surface area is 209 Å². The fourth-order valence-corrected chi connectivity index (χ4v) is 4.54. The van der Waals surface area contributed by atoms with Crippen molar-refractivity contribution in [3.05, 3.63) is 29.2 Å². The second-order valence-corrected chi connectivity index (χ2v) is 9.93. The minimum absolute atomic E-state index is 0.0574. The van der Waals surface area contributed by atoms with Gasteiger partial charge in [-0.05, 0) is 64.5 Å². The number of nitrogens with one attached hydrogen (secondary N) is 1. The Balaban J connectivity index is 1.81. The summed E-state index contributed by atoms with van der Waals surface area (Å²) in [6, 6.07) is 1.22. The van der Waals surface area contributed by atoms with E-state index in [0.717, 1.165) is 16.9 Å². The van der Waals surface area contributed by atoms with Gasteiger partial charge in [0.25, 0.3) is 5.91 Å². The Morgan fingerprint density at radius 2 is 2.03 bits per heavy atom. The zero-order chi connectivity index (χ0) is 26.7. The van der Waals surface area contributed by atoms with Crippen LogP contribution in [0.25, 0.3) is 5.57 Å². The number of halogens is 1. The van der Waals surface area contributed by atoms with E-state index in [1.54, 1.807) is 27.9 Å². The molecule has 36 heavy (non-hydrogen) atoms. The number of methoxy groups -OCH3 is 2. The number of carboxylic acid groups (broad SMARTS) is 1. The summed E-state index contributed by atoms with van der Waals surface area (Å²) in [5.41, 5.74) is -1.84. The van der Waals surface area contributed by atoms with E-state index in [0.29, 0.717) is 19.3 Å². The van der Waals surface area contributed by atoms with Crippen LogP contribution in [-0.4, -0.2) is 71.0 Å². The molecule has 2 amide bonds. The number of ether oxygens (including phenoxy) is 3. The van der Waals surface area contributed by atoms with Gasteiger partial charge >= 0.3 is 12.1 Å². The molecule has 198 valence electrons. The Bertz CT molecular complexity index is 1050. The molecule has 1 aliphatic carbocycles. The molecule has 0 aromatic carbocycles. The largest absolute Gasteiger partial charge is 0.481 e. The van der Waals surface area contributed by atoms with Crippen LogP contribution in [0, 0.1) is 5.82 Å². The molecule has 1 saturated heterocycles. The fraction of sp³-hybridized carbons (Fsp3) is 0.600. The first-order valence-corrected chi connectivity index (χ1v) is 11.9. The van der Waals surface area contributed by atoms with E-state index in [9.17, 15) is 19.5 Å². The summed E-state index contributed by atoms with van der Waals surface area (Å²) in [5, 5.41) is 12.5. The van der Waals surface area contributed by atoms with Crippen LogP contribution in [0.2, 0.25) is 0 Å². The zero-order valence-electron chi connectivity index (χ0n) is 21.4. The number of allylic oxidation sites excluding steroid dienone is 1. The third-order valence-electron chi connectivity index (χ3n) is 6.37. The van der Waals surface area contributed by atoms with Crippen LogP contribution in [0.1, 0.15) is 64.1 Å². The summed E-state index contributed by atoms with van der Waals surface area (Å²) in [6.45, 7) is 4.77. The van der Waals surface area contributed by atoms with Crippen molar-refractivity contribution in [3.8, 4) is 5.88 Å². The van der Waals surface area contributed by atoms with Crippen molar-refractivity contribution in [2.24, 2.45) is 0 Å². The molecule has 0 saturated carbocycles. The highest BCUT2D eigenvalue weighted by Gasteiger charge is 2.57. The van der Waals surface area contributed by atoms with Gasteiger partial charge in [0, 0.05) is 25.8 Å². The van der Waals surface area contributed by atoms with E-state index in [4.69, 9.17) is 14.2 Å². The van der Waals surface area contributed by atoms with Gasteiger partial charge in [-0.1, -0.05) is 6.08 Å². The van der Waals surface area contributed by atoms with E-state index in [1.165, 1.54) is 13.2 Å². The zero-order valence-corrected chi connectivity index (χ0v) is 21.4. The van der Waals surface area contributed by atoms with Gasteiger partial charge in [0.15, 0.2) is 0 Å². The lowest BCUT2D eigenvalue weighted by molar-refractivity contribution is -0.156. The van der Waals surface area contributed by atoms with Crippen LogP contribution < -0.4 is 10.1 Å². The number of carbonyl (C=O) groups excluding carboxylic acids is 2. The SMILES string of the molecule is COc1nc(C2=CCC(OC)CC2)c(F)cc1CNC(=O)[C@]1(C(=O)O)CCCN1C(=O)OC(C)(C)C. The monoisotopic (exact) mass is 507 g/mol. The summed E-state index contributed by atoms with van der Waals surface area (Å²) in [6.07, 6.45) is 3.33. The molecule has 3 rings (SSSR count). The Kier molecular flexibility index (Phi) is 8.22. The minimum atomic E-state index is -2.13.